The van der Waals surface area contributed by atoms with Crippen LogP contribution in [0.4, 0.5) is 13.9 Å². The predicted molar refractivity (Wildman–Crippen MR) is 68.5 cm³/mol. The SMILES string of the molecule is O=C(Cc1cccc(F)c1F)Nc1ncc(Br)s1. The highest BCUT2D eigenvalue weighted by Crippen LogP contribution is 2.23. The minimum absolute atomic E-state index is 0.0168. The Balaban J connectivity index is 2.05. The molecule has 0 saturated carbocycles. The van der Waals surface area contributed by atoms with Crippen molar-refractivity contribution < 1.29 is 13.6 Å². The summed E-state index contributed by atoms with van der Waals surface area (Å²) in [6.45, 7) is 0. The first-order valence-electron chi connectivity index (χ1n) is 4.90. The van der Waals surface area contributed by atoms with E-state index in [9.17, 15) is 13.6 Å². The van der Waals surface area contributed by atoms with E-state index in [4.69, 9.17) is 0 Å². The molecular formula is C11H7BrF2N2OS. The van der Waals surface area contributed by atoms with Crippen LogP contribution in [0.25, 0.3) is 0 Å². The third-order valence-electron chi connectivity index (χ3n) is 2.11. The van der Waals surface area contributed by atoms with Crippen LogP contribution in [0, 0.1) is 11.6 Å². The number of hydrogen-bond acceptors (Lipinski definition) is 3. The van der Waals surface area contributed by atoms with Gasteiger partial charge < -0.3 is 5.32 Å². The van der Waals surface area contributed by atoms with Gasteiger partial charge in [0.25, 0.3) is 0 Å². The van der Waals surface area contributed by atoms with Crippen LogP contribution < -0.4 is 5.32 Å². The highest BCUT2D eigenvalue weighted by atomic mass is 79.9. The summed E-state index contributed by atoms with van der Waals surface area (Å²) in [4.78, 5) is 15.5. The number of nitrogens with one attached hydrogen (secondary N) is 1. The van der Waals surface area contributed by atoms with Gasteiger partial charge in [0.1, 0.15) is 0 Å². The van der Waals surface area contributed by atoms with Crippen molar-refractivity contribution >= 4 is 38.3 Å². The lowest BCUT2D eigenvalue weighted by molar-refractivity contribution is -0.115. The summed E-state index contributed by atoms with van der Waals surface area (Å²) >= 11 is 4.44. The summed E-state index contributed by atoms with van der Waals surface area (Å²) in [5, 5.41) is 2.91. The number of halogens is 3. The zero-order valence-corrected chi connectivity index (χ0v) is 11.3. The highest BCUT2D eigenvalue weighted by Gasteiger charge is 2.12. The number of anilines is 1. The van der Waals surface area contributed by atoms with E-state index in [1.165, 1.54) is 23.5 Å². The lowest BCUT2D eigenvalue weighted by Gasteiger charge is -2.03. The summed E-state index contributed by atoms with van der Waals surface area (Å²) in [7, 11) is 0. The Labute approximate surface area is 114 Å². The molecule has 0 radical (unpaired) electrons. The predicted octanol–water partition coefficient (Wildman–Crippen LogP) is 3.37. The first-order chi connectivity index (χ1) is 8.56. The molecule has 2 aromatic rings. The Kier molecular flexibility index (Phi) is 4.03. The molecular weight excluding hydrogens is 326 g/mol. The molecule has 0 aliphatic rings. The summed E-state index contributed by atoms with van der Waals surface area (Å²) in [6, 6.07) is 3.74. The molecule has 0 fully saturated rings. The molecule has 94 valence electrons. The molecule has 2 rings (SSSR count). The summed E-state index contributed by atoms with van der Waals surface area (Å²) in [6.07, 6.45) is 1.31. The van der Waals surface area contributed by atoms with Gasteiger partial charge in [0.15, 0.2) is 16.8 Å². The fraction of sp³-hybridized carbons (Fsp3) is 0.0909. The average molecular weight is 333 g/mol. The van der Waals surface area contributed by atoms with Gasteiger partial charge in [-0.1, -0.05) is 23.5 Å². The van der Waals surface area contributed by atoms with Crippen molar-refractivity contribution in [3.05, 3.63) is 45.4 Å². The van der Waals surface area contributed by atoms with E-state index < -0.39 is 17.5 Å². The van der Waals surface area contributed by atoms with Gasteiger partial charge in [-0.15, -0.1) is 0 Å². The van der Waals surface area contributed by atoms with Crippen LogP contribution in [-0.2, 0) is 11.2 Å². The van der Waals surface area contributed by atoms with Crippen molar-refractivity contribution in [1.82, 2.24) is 4.98 Å². The first kappa shape index (κ1) is 13.1. The van der Waals surface area contributed by atoms with Gasteiger partial charge in [0, 0.05) is 5.56 Å². The number of amides is 1. The first-order valence-corrected chi connectivity index (χ1v) is 6.51. The van der Waals surface area contributed by atoms with Gasteiger partial charge in [0.2, 0.25) is 5.91 Å². The second-order valence-electron chi connectivity index (χ2n) is 3.41. The van der Waals surface area contributed by atoms with Crippen LogP contribution >= 0.6 is 27.3 Å². The molecule has 1 heterocycles. The van der Waals surface area contributed by atoms with Crippen molar-refractivity contribution in [2.45, 2.75) is 6.42 Å². The number of aromatic nitrogens is 1. The Hall–Kier alpha value is -1.34. The molecule has 0 aliphatic carbocycles. The molecule has 1 aromatic heterocycles. The van der Waals surface area contributed by atoms with Crippen LogP contribution in [0.1, 0.15) is 5.56 Å². The maximum Gasteiger partial charge on any atom is 0.230 e. The van der Waals surface area contributed by atoms with E-state index in [-0.39, 0.29) is 12.0 Å². The zero-order chi connectivity index (χ0) is 13.1. The van der Waals surface area contributed by atoms with Crippen molar-refractivity contribution in [2.75, 3.05) is 5.32 Å². The molecule has 0 saturated heterocycles. The molecule has 0 unspecified atom stereocenters. The van der Waals surface area contributed by atoms with Crippen LogP contribution in [0.3, 0.4) is 0 Å². The molecule has 0 spiro atoms. The molecule has 0 aliphatic heterocycles. The third kappa shape index (κ3) is 3.11. The summed E-state index contributed by atoms with van der Waals surface area (Å²) in [5.41, 5.74) is 0.0168. The van der Waals surface area contributed by atoms with Gasteiger partial charge in [-0.25, -0.2) is 13.8 Å². The topological polar surface area (TPSA) is 42.0 Å². The fourth-order valence-electron chi connectivity index (χ4n) is 1.33. The van der Waals surface area contributed by atoms with Crippen molar-refractivity contribution in [3.63, 3.8) is 0 Å². The maximum absolute atomic E-state index is 13.3. The van der Waals surface area contributed by atoms with E-state index >= 15 is 0 Å². The van der Waals surface area contributed by atoms with Crippen LogP contribution in [0.2, 0.25) is 0 Å². The fourth-order valence-corrected chi connectivity index (χ4v) is 2.46. The lowest BCUT2D eigenvalue weighted by atomic mass is 10.1. The average Bonchev–Trinajstić information content (AvgIpc) is 2.70. The number of thiazole rings is 1. The molecule has 1 aromatic carbocycles. The molecule has 0 bridgehead atoms. The van der Waals surface area contributed by atoms with Crippen molar-refractivity contribution in [1.29, 1.82) is 0 Å². The van der Waals surface area contributed by atoms with Crippen molar-refractivity contribution in [2.24, 2.45) is 0 Å². The number of carbonyl (C=O) groups excluding carboxylic acids is 1. The quantitative estimate of drug-likeness (QED) is 0.936. The summed E-state index contributed by atoms with van der Waals surface area (Å²) < 4.78 is 27.0. The van der Waals surface area contributed by atoms with Gasteiger partial charge >= 0.3 is 0 Å². The second-order valence-corrected chi connectivity index (χ2v) is 5.82. The number of hydrogen-bond donors (Lipinski definition) is 1. The molecule has 18 heavy (non-hydrogen) atoms. The third-order valence-corrected chi connectivity index (χ3v) is 3.50. The second kappa shape index (κ2) is 5.53. The largest absolute Gasteiger partial charge is 0.302 e. The Morgan fingerprint density at radius 1 is 1.44 bits per heavy atom. The number of nitrogens with zero attached hydrogens (tertiary/aromatic N) is 1. The molecule has 1 N–H and O–H groups in total. The molecule has 0 atom stereocenters. The standard InChI is InChI=1S/C11H7BrF2N2OS/c12-8-5-15-11(18-8)16-9(17)4-6-2-1-3-7(13)10(6)14/h1-3,5H,4H2,(H,15,16,17). The van der Waals surface area contributed by atoms with Crippen LogP contribution in [0.15, 0.2) is 28.2 Å². The lowest BCUT2D eigenvalue weighted by Crippen LogP contribution is -2.15. The van der Waals surface area contributed by atoms with E-state index in [2.05, 4.69) is 26.2 Å². The molecule has 3 nitrogen and oxygen atoms in total. The minimum atomic E-state index is -0.993. The summed E-state index contributed by atoms with van der Waals surface area (Å²) in [5.74, 6) is -2.40. The molecule has 1 amide bonds. The Morgan fingerprint density at radius 2 is 2.22 bits per heavy atom. The maximum atomic E-state index is 13.3. The zero-order valence-electron chi connectivity index (χ0n) is 8.91. The van der Waals surface area contributed by atoms with Crippen LogP contribution in [-0.4, -0.2) is 10.9 Å². The minimum Gasteiger partial charge on any atom is -0.302 e. The van der Waals surface area contributed by atoms with Crippen LogP contribution in [0.5, 0.6) is 0 Å². The van der Waals surface area contributed by atoms with Gasteiger partial charge in [-0.3, -0.25) is 4.79 Å². The number of rotatable bonds is 3. The van der Waals surface area contributed by atoms with Gasteiger partial charge in [-0.05, 0) is 22.0 Å². The van der Waals surface area contributed by atoms with E-state index in [0.717, 1.165) is 9.85 Å². The smallest absolute Gasteiger partial charge is 0.230 e. The monoisotopic (exact) mass is 332 g/mol. The number of carbonyl (C=O) groups is 1. The van der Waals surface area contributed by atoms with Gasteiger partial charge in [-0.2, -0.15) is 0 Å². The van der Waals surface area contributed by atoms with Gasteiger partial charge in [0.05, 0.1) is 16.4 Å². The van der Waals surface area contributed by atoms with E-state index in [1.54, 1.807) is 6.20 Å². The Bertz CT molecular complexity index is 588. The Morgan fingerprint density at radius 3 is 2.89 bits per heavy atom. The molecule has 7 heteroatoms. The number of benzene rings is 1. The van der Waals surface area contributed by atoms with E-state index in [1.807, 2.05) is 0 Å². The van der Waals surface area contributed by atoms with Crippen molar-refractivity contribution in [3.8, 4) is 0 Å². The highest BCUT2D eigenvalue weighted by molar-refractivity contribution is 9.11. The van der Waals surface area contributed by atoms with E-state index in [0.29, 0.717) is 5.13 Å². The normalized spacial score (nSPS) is 10.4.